The van der Waals surface area contributed by atoms with Gasteiger partial charge in [0.25, 0.3) is 5.91 Å². The second-order valence-corrected chi connectivity index (χ2v) is 6.11. The van der Waals surface area contributed by atoms with Crippen molar-refractivity contribution in [2.24, 2.45) is 0 Å². The second kappa shape index (κ2) is 8.45. The van der Waals surface area contributed by atoms with E-state index < -0.39 is 5.97 Å². The Labute approximate surface area is 158 Å². The van der Waals surface area contributed by atoms with Crippen molar-refractivity contribution in [3.05, 3.63) is 65.7 Å². The van der Waals surface area contributed by atoms with Gasteiger partial charge in [0.2, 0.25) is 0 Å². The quantitative estimate of drug-likeness (QED) is 0.678. The number of nitrogens with zero attached hydrogens (tertiary/aromatic N) is 1. The van der Waals surface area contributed by atoms with Gasteiger partial charge in [-0.1, -0.05) is 49.4 Å². The number of esters is 1. The summed E-state index contributed by atoms with van der Waals surface area (Å²) >= 11 is 0. The Morgan fingerprint density at radius 3 is 2.48 bits per heavy atom. The van der Waals surface area contributed by atoms with Gasteiger partial charge in [0.05, 0.1) is 23.4 Å². The minimum Gasteiger partial charge on any atom is -0.465 e. The van der Waals surface area contributed by atoms with Crippen LogP contribution in [-0.4, -0.2) is 30.0 Å². The molecule has 0 aliphatic rings. The highest BCUT2D eigenvalue weighted by Crippen LogP contribution is 2.25. The Bertz CT molecular complexity index is 965. The van der Waals surface area contributed by atoms with Gasteiger partial charge in [0.1, 0.15) is 6.54 Å². The summed E-state index contributed by atoms with van der Waals surface area (Å²) in [6, 6.07) is 17.4. The van der Waals surface area contributed by atoms with Crippen molar-refractivity contribution >= 4 is 22.8 Å². The van der Waals surface area contributed by atoms with Crippen molar-refractivity contribution in [3.8, 4) is 11.3 Å². The number of ether oxygens (including phenoxy) is 1. The molecule has 0 unspecified atom stereocenters. The molecule has 1 aromatic heterocycles. The molecule has 5 nitrogen and oxygen atoms in total. The molecule has 1 N–H and O–H groups in total. The molecule has 3 rings (SSSR count). The number of hydrogen-bond donors (Lipinski definition) is 1. The Balaban J connectivity index is 1.97. The van der Waals surface area contributed by atoms with Crippen molar-refractivity contribution in [3.63, 3.8) is 0 Å². The standard InChI is InChI=1S/C22H22N2O3/c1-3-15-9-11-16(12-10-15)20-13-18(17-7-5-6-8-19(17)24-20)22(26)23-14-21(25)27-4-2/h5-13H,3-4,14H2,1-2H3,(H,23,26). The molecule has 3 aromatic rings. The molecule has 0 saturated carbocycles. The fourth-order valence-corrected chi connectivity index (χ4v) is 2.88. The first-order valence-electron chi connectivity index (χ1n) is 9.05. The molecule has 27 heavy (non-hydrogen) atoms. The fourth-order valence-electron chi connectivity index (χ4n) is 2.88. The van der Waals surface area contributed by atoms with E-state index in [1.54, 1.807) is 13.0 Å². The Morgan fingerprint density at radius 1 is 1.04 bits per heavy atom. The molecular formula is C22H22N2O3. The van der Waals surface area contributed by atoms with E-state index in [1.165, 1.54) is 5.56 Å². The molecule has 138 valence electrons. The third kappa shape index (κ3) is 4.31. The van der Waals surface area contributed by atoms with Gasteiger partial charge >= 0.3 is 5.97 Å². The van der Waals surface area contributed by atoms with Gasteiger partial charge in [-0.05, 0) is 31.0 Å². The van der Waals surface area contributed by atoms with Crippen molar-refractivity contribution < 1.29 is 14.3 Å². The lowest BCUT2D eigenvalue weighted by molar-refractivity contribution is -0.141. The Kier molecular flexibility index (Phi) is 5.81. The van der Waals surface area contributed by atoms with E-state index in [2.05, 4.69) is 24.4 Å². The van der Waals surface area contributed by atoms with Crippen LogP contribution in [0.5, 0.6) is 0 Å². The maximum absolute atomic E-state index is 12.7. The summed E-state index contributed by atoms with van der Waals surface area (Å²) in [6.07, 6.45) is 0.965. The number of carbonyl (C=O) groups is 2. The third-order valence-electron chi connectivity index (χ3n) is 4.32. The van der Waals surface area contributed by atoms with E-state index in [0.717, 1.165) is 28.6 Å². The zero-order valence-electron chi connectivity index (χ0n) is 15.5. The van der Waals surface area contributed by atoms with Crippen molar-refractivity contribution in [2.45, 2.75) is 20.3 Å². The number of benzene rings is 2. The highest BCUT2D eigenvalue weighted by atomic mass is 16.5. The molecule has 5 heteroatoms. The monoisotopic (exact) mass is 362 g/mol. The summed E-state index contributed by atoms with van der Waals surface area (Å²) in [5, 5.41) is 3.37. The van der Waals surface area contributed by atoms with Crippen LogP contribution in [-0.2, 0) is 16.0 Å². The Hall–Kier alpha value is -3.21. The van der Waals surface area contributed by atoms with Crippen LogP contribution in [0.1, 0.15) is 29.8 Å². The minimum atomic E-state index is -0.459. The van der Waals surface area contributed by atoms with E-state index in [1.807, 2.05) is 36.4 Å². The van der Waals surface area contributed by atoms with Crippen molar-refractivity contribution in [1.82, 2.24) is 10.3 Å². The van der Waals surface area contributed by atoms with Crippen LogP contribution in [0.25, 0.3) is 22.2 Å². The molecule has 0 spiro atoms. The predicted octanol–water partition coefficient (Wildman–Crippen LogP) is 3.76. The molecule has 0 saturated heterocycles. The number of fused-ring (bicyclic) bond motifs is 1. The summed E-state index contributed by atoms with van der Waals surface area (Å²) in [4.78, 5) is 28.9. The van der Waals surface area contributed by atoms with Crippen molar-refractivity contribution in [1.29, 1.82) is 0 Å². The van der Waals surface area contributed by atoms with Crippen LogP contribution in [0, 0.1) is 0 Å². The molecule has 1 amide bonds. The van der Waals surface area contributed by atoms with Gasteiger partial charge in [-0.25, -0.2) is 4.98 Å². The van der Waals surface area contributed by atoms with E-state index in [0.29, 0.717) is 5.56 Å². The average molecular weight is 362 g/mol. The summed E-state index contributed by atoms with van der Waals surface area (Å²) in [5.74, 6) is -0.785. The number of aromatic nitrogens is 1. The Morgan fingerprint density at radius 2 is 1.78 bits per heavy atom. The van der Waals surface area contributed by atoms with E-state index in [-0.39, 0.29) is 19.1 Å². The van der Waals surface area contributed by atoms with E-state index in [4.69, 9.17) is 9.72 Å². The van der Waals surface area contributed by atoms with Gasteiger partial charge in [0.15, 0.2) is 0 Å². The normalized spacial score (nSPS) is 10.6. The van der Waals surface area contributed by atoms with Gasteiger partial charge in [0, 0.05) is 10.9 Å². The number of aryl methyl sites for hydroxylation is 1. The summed E-state index contributed by atoms with van der Waals surface area (Å²) < 4.78 is 4.86. The van der Waals surface area contributed by atoms with Gasteiger partial charge in [-0.15, -0.1) is 0 Å². The first-order valence-corrected chi connectivity index (χ1v) is 9.05. The van der Waals surface area contributed by atoms with Crippen LogP contribution >= 0.6 is 0 Å². The molecule has 0 aliphatic heterocycles. The maximum atomic E-state index is 12.7. The first kappa shape index (κ1) is 18.6. The molecule has 1 heterocycles. The fraction of sp³-hybridized carbons (Fsp3) is 0.227. The number of nitrogens with one attached hydrogen (secondary N) is 1. The summed E-state index contributed by atoms with van der Waals surface area (Å²) in [7, 11) is 0. The lowest BCUT2D eigenvalue weighted by Crippen LogP contribution is -2.30. The number of pyridine rings is 1. The SMILES string of the molecule is CCOC(=O)CNC(=O)c1cc(-c2ccc(CC)cc2)nc2ccccc12. The largest absolute Gasteiger partial charge is 0.465 e. The van der Waals surface area contributed by atoms with Crippen LogP contribution in [0.2, 0.25) is 0 Å². The molecule has 0 atom stereocenters. The van der Waals surface area contributed by atoms with Crippen LogP contribution in [0.4, 0.5) is 0 Å². The second-order valence-electron chi connectivity index (χ2n) is 6.11. The maximum Gasteiger partial charge on any atom is 0.325 e. The van der Waals surface area contributed by atoms with Crippen LogP contribution < -0.4 is 5.32 Å². The number of amides is 1. The van der Waals surface area contributed by atoms with Gasteiger partial charge < -0.3 is 10.1 Å². The minimum absolute atomic E-state index is 0.163. The van der Waals surface area contributed by atoms with Gasteiger partial charge in [-0.3, -0.25) is 9.59 Å². The number of para-hydroxylation sites is 1. The third-order valence-corrected chi connectivity index (χ3v) is 4.32. The van der Waals surface area contributed by atoms with Crippen LogP contribution in [0.15, 0.2) is 54.6 Å². The van der Waals surface area contributed by atoms with Gasteiger partial charge in [-0.2, -0.15) is 0 Å². The zero-order valence-corrected chi connectivity index (χ0v) is 15.5. The lowest BCUT2D eigenvalue weighted by Gasteiger charge is -2.11. The highest BCUT2D eigenvalue weighted by molar-refractivity contribution is 6.07. The molecular weight excluding hydrogens is 340 g/mol. The van der Waals surface area contributed by atoms with E-state index >= 15 is 0 Å². The number of hydrogen-bond acceptors (Lipinski definition) is 4. The first-order chi connectivity index (χ1) is 13.1. The summed E-state index contributed by atoms with van der Waals surface area (Å²) in [6.45, 7) is 3.95. The summed E-state index contributed by atoms with van der Waals surface area (Å²) in [5.41, 5.74) is 4.12. The number of carbonyl (C=O) groups excluding carboxylic acids is 2. The molecule has 0 aliphatic carbocycles. The number of rotatable bonds is 6. The van der Waals surface area contributed by atoms with E-state index in [9.17, 15) is 9.59 Å². The highest BCUT2D eigenvalue weighted by Gasteiger charge is 2.15. The zero-order chi connectivity index (χ0) is 19.2. The molecule has 0 bridgehead atoms. The average Bonchev–Trinajstić information content (AvgIpc) is 2.71. The molecule has 0 radical (unpaired) electrons. The van der Waals surface area contributed by atoms with Crippen LogP contribution in [0.3, 0.4) is 0 Å². The predicted molar refractivity (Wildman–Crippen MR) is 106 cm³/mol. The lowest BCUT2D eigenvalue weighted by atomic mass is 10.0. The molecule has 0 fully saturated rings. The smallest absolute Gasteiger partial charge is 0.325 e. The topological polar surface area (TPSA) is 68.3 Å². The van der Waals surface area contributed by atoms with Crippen molar-refractivity contribution in [2.75, 3.05) is 13.2 Å². The molecule has 2 aromatic carbocycles.